The van der Waals surface area contributed by atoms with Gasteiger partial charge in [0.1, 0.15) is 11.4 Å². The van der Waals surface area contributed by atoms with Gasteiger partial charge < -0.3 is 4.42 Å². The lowest BCUT2D eigenvalue weighted by Crippen LogP contribution is -2.48. The van der Waals surface area contributed by atoms with Crippen molar-refractivity contribution in [3.05, 3.63) is 76.4 Å². The van der Waals surface area contributed by atoms with Crippen molar-refractivity contribution in [3.8, 4) is 0 Å². The molecule has 0 bridgehead atoms. The molecule has 1 aliphatic rings. The van der Waals surface area contributed by atoms with E-state index in [9.17, 15) is 17.6 Å². The number of fused-ring (bicyclic) bond motifs is 1. The molecule has 0 saturated carbocycles. The second-order valence-electron chi connectivity index (χ2n) is 6.73. The number of piperazine rings is 1. The third-order valence-corrected chi connectivity index (χ3v) is 6.81. The van der Waals surface area contributed by atoms with Gasteiger partial charge in [-0.3, -0.25) is 4.90 Å². The summed E-state index contributed by atoms with van der Waals surface area (Å²) in [6, 6.07) is 13.9. The molecule has 8 heteroatoms. The molecule has 0 unspecified atom stereocenters. The highest BCUT2D eigenvalue weighted by Crippen LogP contribution is 2.22. The molecule has 0 atom stereocenters. The van der Waals surface area contributed by atoms with E-state index in [0.29, 0.717) is 49.3 Å². The van der Waals surface area contributed by atoms with Gasteiger partial charge in [0.25, 0.3) is 0 Å². The summed E-state index contributed by atoms with van der Waals surface area (Å²) in [4.78, 5) is 13.5. The average molecular weight is 402 g/mol. The lowest BCUT2D eigenvalue weighted by molar-refractivity contribution is 0.180. The Labute approximate surface area is 161 Å². The van der Waals surface area contributed by atoms with Gasteiger partial charge in [0.15, 0.2) is 0 Å². The molecular weight excluding hydrogens is 383 g/mol. The quantitative estimate of drug-likeness (QED) is 0.627. The van der Waals surface area contributed by atoms with E-state index in [1.54, 1.807) is 24.3 Å². The molecular formula is C20H19FN2O4S. The van der Waals surface area contributed by atoms with E-state index >= 15 is 0 Å². The van der Waals surface area contributed by atoms with Gasteiger partial charge in [-0.1, -0.05) is 18.2 Å². The van der Waals surface area contributed by atoms with Crippen LogP contribution in [0.2, 0.25) is 0 Å². The molecule has 146 valence electrons. The number of halogens is 1. The summed E-state index contributed by atoms with van der Waals surface area (Å²) < 4.78 is 46.3. The summed E-state index contributed by atoms with van der Waals surface area (Å²) in [5, 5.41) is 0.555. The van der Waals surface area contributed by atoms with Gasteiger partial charge in [-0.2, -0.15) is 4.31 Å². The van der Waals surface area contributed by atoms with Crippen LogP contribution in [0.3, 0.4) is 0 Å². The minimum atomic E-state index is -3.66. The van der Waals surface area contributed by atoms with Gasteiger partial charge >= 0.3 is 5.63 Å². The summed E-state index contributed by atoms with van der Waals surface area (Å²) in [5.74, 6) is -0.250. The minimum Gasteiger partial charge on any atom is -0.423 e. The van der Waals surface area contributed by atoms with E-state index in [1.807, 2.05) is 4.90 Å². The van der Waals surface area contributed by atoms with Gasteiger partial charge in [-0.05, 0) is 30.3 Å². The summed E-state index contributed by atoms with van der Waals surface area (Å²) in [6.45, 7) is 2.17. The van der Waals surface area contributed by atoms with E-state index in [1.165, 1.54) is 34.6 Å². The summed E-state index contributed by atoms with van der Waals surface area (Å²) in [5.41, 5.74) is 0.477. The second kappa shape index (κ2) is 7.46. The van der Waals surface area contributed by atoms with Crippen molar-refractivity contribution in [2.75, 3.05) is 26.2 Å². The summed E-state index contributed by atoms with van der Waals surface area (Å²) in [6.07, 6.45) is 0. The lowest BCUT2D eigenvalue weighted by atomic mass is 10.2. The molecule has 2 aromatic carbocycles. The van der Waals surface area contributed by atoms with E-state index in [2.05, 4.69) is 0 Å². The maximum Gasteiger partial charge on any atom is 0.336 e. The Morgan fingerprint density at radius 2 is 1.71 bits per heavy atom. The zero-order valence-corrected chi connectivity index (χ0v) is 15.9. The monoisotopic (exact) mass is 402 g/mol. The van der Waals surface area contributed by atoms with Gasteiger partial charge in [-0.15, -0.1) is 0 Å². The fraction of sp³-hybridized carbons (Fsp3) is 0.250. The Kier molecular flexibility index (Phi) is 5.01. The second-order valence-corrected chi connectivity index (χ2v) is 8.66. The number of hydrogen-bond acceptors (Lipinski definition) is 5. The summed E-state index contributed by atoms with van der Waals surface area (Å²) in [7, 11) is -3.66. The topological polar surface area (TPSA) is 70.8 Å². The van der Waals surface area contributed by atoms with E-state index in [4.69, 9.17) is 4.42 Å². The van der Waals surface area contributed by atoms with Crippen LogP contribution >= 0.6 is 0 Å². The zero-order chi connectivity index (χ0) is 19.7. The molecule has 1 saturated heterocycles. The van der Waals surface area contributed by atoms with Crippen molar-refractivity contribution >= 4 is 21.0 Å². The molecule has 3 aromatic rings. The molecule has 0 spiro atoms. The Hall–Kier alpha value is -2.55. The number of nitrogens with zero attached hydrogens (tertiary/aromatic N) is 2. The van der Waals surface area contributed by atoms with Crippen LogP contribution in [0.1, 0.15) is 5.56 Å². The van der Waals surface area contributed by atoms with E-state index < -0.39 is 15.6 Å². The first kappa shape index (κ1) is 18.8. The number of benzene rings is 2. The Balaban J connectivity index is 1.48. The fourth-order valence-electron chi connectivity index (χ4n) is 3.35. The molecule has 1 aliphatic heterocycles. The largest absolute Gasteiger partial charge is 0.423 e. The van der Waals surface area contributed by atoms with Gasteiger partial charge in [0, 0.05) is 49.7 Å². The maximum atomic E-state index is 13.8. The highest BCUT2D eigenvalue weighted by atomic mass is 32.2. The molecule has 28 heavy (non-hydrogen) atoms. The normalized spacial score (nSPS) is 16.5. The third kappa shape index (κ3) is 3.71. The molecule has 4 rings (SSSR count). The highest BCUT2D eigenvalue weighted by molar-refractivity contribution is 7.89. The van der Waals surface area contributed by atoms with Crippen LogP contribution < -0.4 is 5.63 Å². The van der Waals surface area contributed by atoms with Crippen LogP contribution in [0.25, 0.3) is 11.0 Å². The number of hydrogen-bond donors (Lipinski definition) is 0. The molecule has 6 nitrogen and oxygen atoms in total. The molecule has 2 heterocycles. The first-order chi connectivity index (χ1) is 13.4. The Bertz CT molecular complexity index is 1170. The molecule has 1 aromatic heterocycles. The lowest BCUT2D eigenvalue weighted by Gasteiger charge is -2.34. The highest BCUT2D eigenvalue weighted by Gasteiger charge is 2.29. The van der Waals surface area contributed by atoms with Crippen LogP contribution in [0, 0.1) is 5.82 Å². The molecule has 0 radical (unpaired) electrons. The van der Waals surface area contributed by atoms with Crippen molar-refractivity contribution in [1.82, 2.24) is 9.21 Å². The predicted octanol–water partition coefficient (Wildman–Crippen LogP) is 2.44. The molecule has 0 amide bonds. The fourth-order valence-corrected chi connectivity index (χ4v) is 4.81. The van der Waals surface area contributed by atoms with Crippen molar-refractivity contribution < 1.29 is 17.2 Å². The molecule has 0 N–H and O–H groups in total. The SMILES string of the molecule is O=c1ccc2cc(S(=O)(=O)N3CCN(Cc4ccccc4F)CC3)ccc2o1. The van der Waals surface area contributed by atoms with Gasteiger partial charge in [-0.25, -0.2) is 17.6 Å². The zero-order valence-electron chi connectivity index (χ0n) is 15.0. The standard InChI is InChI=1S/C20H19FN2O4S/c21-18-4-2-1-3-16(18)14-22-9-11-23(12-10-22)28(25,26)17-6-7-19-15(13-17)5-8-20(24)27-19/h1-8,13H,9-12,14H2. The van der Waals surface area contributed by atoms with Crippen LogP contribution in [-0.4, -0.2) is 43.8 Å². The van der Waals surface area contributed by atoms with Crippen molar-refractivity contribution in [2.24, 2.45) is 0 Å². The first-order valence-corrected chi connectivity index (χ1v) is 10.4. The van der Waals surface area contributed by atoms with Crippen molar-refractivity contribution in [2.45, 2.75) is 11.4 Å². The average Bonchev–Trinajstić information content (AvgIpc) is 2.69. The first-order valence-electron chi connectivity index (χ1n) is 8.93. The predicted molar refractivity (Wildman–Crippen MR) is 103 cm³/mol. The van der Waals surface area contributed by atoms with Gasteiger partial charge in [0.2, 0.25) is 10.0 Å². The molecule has 0 aliphatic carbocycles. The summed E-state index contributed by atoms with van der Waals surface area (Å²) >= 11 is 0. The Morgan fingerprint density at radius 1 is 0.964 bits per heavy atom. The minimum absolute atomic E-state index is 0.163. The van der Waals surface area contributed by atoms with Crippen molar-refractivity contribution in [1.29, 1.82) is 0 Å². The van der Waals surface area contributed by atoms with E-state index in [0.717, 1.165) is 0 Å². The number of sulfonamides is 1. The smallest absolute Gasteiger partial charge is 0.336 e. The third-order valence-electron chi connectivity index (χ3n) is 4.91. The van der Waals surface area contributed by atoms with Gasteiger partial charge in [0.05, 0.1) is 4.90 Å². The Morgan fingerprint density at radius 3 is 2.46 bits per heavy atom. The molecule has 1 fully saturated rings. The maximum absolute atomic E-state index is 13.8. The van der Waals surface area contributed by atoms with Crippen molar-refractivity contribution in [3.63, 3.8) is 0 Å². The van der Waals surface area contributed by atoms with Crippen LogP contribution in [0.5, 0.6) is 0 Å². The van der Waals surface area contributed by atoms with E-state index in [-0.39, 0.29) is 10.7 Å². The van der Waals surface area contributed by atoms with Crippen LogP contribution in [-0.2, 0) is 16.6 Å². The number of rotatable bonds is 4. The van der Waals surface area contributed by atoms with Crippen LogP contribution in [0.15, 0.2) is 68.7 Å². The van der Waals surface area contributed by atoms with Crippen LogP contribution in [0.4, 0.5) is 4.39 Å².